The molecule has 0 fully saturated rings. The number of aromatic nitrogens is 1. The average Bonchev–Trinajstić information content (AvgIpc) is 2.34. The summed E-state index contributed by atoms with van der Waals surface area (Å²) in [6.07, 6.45) is 2.94. The third-order valence-corrected chi connectivity index (χ3v) is 3.45. The van der Waals surface area contributed by atoms with E-state index >= 15 is 0 Å². The van der Waals surface area contributed by atoms with Crippen molar-refractivity contribution in [2.45, 2.75) is 0 Å². The Morgan fingerprint density at radius 3 is 2.78 bits per heavy atom. The van der Waals surface area contributed by atoms with E-state index < -0.39 is 0 Å². The molecule has 0 aliphatic carbocycles. The van der Waals surface area contributed by atoms with Crippen LogP contribution in [0.15, 0.2) is 41.1 Å². The van der Waals surface area contributed by atoms with Crippen molar-refractivity contribution in [3.05, 3.63) is 56.7 Å². The van der Waals surface area contributed by atoms with Crippen molar-refractivity contribution < 1.29 is 4.79 Å². The number of rotatable bonds is 2. The molecule has 2 rings (SSSR count). The maximum absolute atomic E-state index is 12.0. The van der Waals surface area contributed by atoms with E-state index in [0.717, 1.165) is 4.47 Å². The van der Waals surface area contributed by atoms with Crippen LogP contribution in [-0.2, 0) is 0 Å². The van der Waals surface area contributed by atoms with Crippen molar-refractivity contribution >= 4 is 50.7 Å². The third kappa shape index (κ3) is 3.02. The van der Waals surface area contributed by atoms with Crippen LogP contribution in [0.1, 0.15) is 10.4 Å². The van der Waals surface area contributed by atoms with Gasteiger partial charge >= 0.3 is 0 Å². The molecule has 1 aromatic carbocycles. The van der Waals surface area contributed by atoms with Crippen LogP contribution < -0.4 is 5.32 Å². The maximum atomic E-state index is 12.0. The first-order valence-corrected chi connectivity index (χ1v) is 6.49. The van der Waals surface area contributed by atoms with Crippen LogP contribution in [0.2, 0.25) is 10.0 Å². The van der Waals surface area contributed by atoms with Gasteiger partial charge in [-0.3, -0.25) is 9.78 Å². The summed E-state index contributed by atoms with van der Waals surface area (Å²) < 4.78 is 0.736. The van der Waals surface area contributed by atoms with Gasteiger partial charge in [-0.15, -0.1) is 0 Å². The van der Waals surface area contributed by atoms with E-state index in [1.807, 2.05) is 0 Å². The van der Waals surface area contributed by atoms with Gasteiger partial charge in [0.05, 0.1) is 16.3 Å². The fourth-order valence-corrected chi connectivity index (χ4v) is 2.04. The smallest absolute Gasteiger partial charge is 0.258 e. The lowest BCUT2D eigenvalue weighted by Crippen LogP contribution is -2.13. The molecule has 0 saturated heterocycles. The SMILES string of the molecule is O=C(Nc1cc(Cl)ccc1Br)c1cnccc1Cl. The molecule has 2 aromatic rings. The number of carbonyl (C=O) groups excluding carboxylic acids is 1. The molecule has 3 nitrogen and oxygen atoms in total. The molecule has 1 N–H and O–H groups in total. The van der Waals surface area contributed by atoms with E-state index in [2.05, 4.69) is 26.2 Å². The highest BCUT2D eigenvalue weighted by atomic mass is 79.9. The Morgan fingerprint density at radius 1 is 1.28 bits per heavy atom. The van der Waals surface area contributed by atoms with Gasteiger partial charge in [-0.25, -0.2) is 0 Å². The Bertz CT molecular complexity index is 604. The van der Waals surface area contributed by atoms with Gasteiger partial charge in [0.1, 0.15) is 0 Å². The molecule has 0 aliphatic heterocycles. The number of anilines is 1. The summed E-state index contributed by atoms with van der Waals surface area (Å²) in [5, 5.41) is 3.59. The quantitative estimate of drug-likeness (QED) is 0.876. The van der Waals surface area contributed by atoms with Gasteiger partial charge in [-0.2, -0.15) is 0 Å². The molecule has 0 saturated carbocycles. The predicted octanol–water partition coefficient (Wildman–Crippen LogP) is 4.40. The molecule has 1 aromatic heterocycles. The predicted molar refractivity (Wildman–Crippen MR) is 76.4 cm³/mol. The van der Waals surface area contributed by atoms with E-state index in [1.165, 1.54) is 12.4 Å². The molecule has 0 radical (unpaired) electrons. The van der Waals surface area contributed by atoms with E-state index in [0.29, 0.717) is 21.3 Å². The second kappa shape index (κ2) is 5.69. The van der Waals surface area contributed by atoms with E-state index in [9.17, 15) is 4.79 Å². The monoisotopic (exact) mass is 344 g/mol. The van der Waals surface area contributed by atoms with Gasteiger partial charge in [0.15, 0.2) is 0 Å². The minimum atomic E-state index is -0.337. The zero-order valence-corrected chi connectivity index (χ0v) is 12.1. The number of benzene rings is 1. The molecule has 0 bridgehead atoms. The maximum Gasteiger partial charge on any atom is 0.258 e. The number of carbonyl (C=O) groups is 1. The number of nitrogens with one attached hydrogen (secondary N) is 1. The van der Waals surface area contributed by atoms with Crippen molar-refractivity contribution in [2.75, 3.05) is 5.32 Å². The lowest BCUT2D eigenvalue weighted by molar-refractivity contribution is 0.102. The number of hydrogen-bond donors (Lipinski definition) is 1. The minimum Gasteiger partial charge on any atom is -0.321 e. The standard InChI is InChI=1S/C12H7BrCl2N2O/c13-9-2-1-7(14)5-11(9)17-12(18)8-6-16-4-3-10(8)15/h1-6H,(H,17,18). The van der Waals surface area contributed by atoms with Gasteiger partial charge in [-0.05, 0) is 40.2 Å². The van der Waals surface area contributed by atoms with Gasteiger partial charge in [0, 0.05) is 21.9 Å². The topological polar surface area (TPSA) is 42.0 Å². The average molecular weight is 346 g/mol. The van der Waals surface area contributed by atoms with Gasteiger partial charge in [-0.1, -0.05) is 23.2 Å². The van der Waals surface area contributed by atoms with Gasteiger partial charge in [0.2, 0.25) is 0 Å². The molecule has 0 unspecified atom stereocenters. The first-order valence-electron chi connectivity index (χ1n) is 4.94. The molecular weight excluding hydrogens is 339 g/mol. The Kier molecular flexibility index (Phi) is 4.22. The number of hydrogen-bond acceptors (Lipinski definition) is 2. The Balaban J connectivity index is 2.27. The van der Waals surface area contributed by atoms with E-state index in [4.69, 9.17) is 23.2 Å². The molecule has 92 valence electrons. The number of nitrogens with zero attached hydrogens (tertiary/aromatic N) is 1. The summed E-state index contributed by atoms with van der Waals surface area (Å²) in [6, 6.07) is 6.68. The lowest BCUT2D eigenvalue weighted by Gasteiger charge is -2.08. The fourth-order valence-electron chi connectivity index (χ4n) is 1.33. The van der Waals surface area contributed by atoms with Crippen LogP contribution in [0.3, 0.4) is 0 Å². The van der Waals surface area contributed by atoms with Crippen LogP contribution in [0.4, 0.5) is 5.69 Å². The zero-order valence-electron chi connectivity index (χ0n) is 8.95. The molecule has 1 amide bonds. The molecule has 6 heteroatoms. The fraction of sp³-hybridized carbons (Fsp3) is 0. The van der Waals surface area contributed by atoms with Crippen molar-refractivity contribution in [1.29, 1.82) is 0 Å². The van der Waals surface area contributed by atoms with Crippen LogP contribution >= 0.6 is 39.1 Å². The van der Waals surface area contributed by atoms with Crippen molar-refractivity contribution in [3.8, 4) is 0 Å². The van der Waals surface area contributed by atoms with Crippen molar-refractivity contribution in [2.24, 2.45) is 0 Å². The van der Waals surface area contributed by atoms with Crippen molar-refractivity contribution in [1.82, 2.24) is 4.98 Å². The molecule has 0 atom stereocenters. The van der Waals surface area contributed by atoms with Crippen LogP contribution in [0.5, 0.6) is 0 Å². The third-order valence-electron chi connectivity index (χ3n) is 2.19. The number of halogens is 3. The van der Waals surface area contributed by atoms with Crippen LogP contribution in [-0.4, -0.2) is 10.9 Å². The van der Waals surface area contributed by atoms with E-state index in [-0.39, 0.29) is 5.91 Å². The first-order chi connectivity index (χ1) is 8.58. The molecule has 1 heterocycles. The van der Waals surface area contributed by atoms with E-state index in [1.54, 1.807) is 24.3 Å². The summed E-state index contributed by atoms with van der Waals surface area (Å²) >= 11 is 15.1. The van der Waals surface area contributed by atoms with Crippen LogP contribution in [0, 0.1) is 0 Å². The Labute approximate surface area is 122 Å². The van der Waals surface area contributed by atoms with Gasteiger partial charge < -0.3 is 5.32 Å². The second-order valence-electron chi connectivity index (χ2n) is 3.43. The summed E-state index contributed by atoms with van der Waals surface area (Å²) in [5.41, 5.74) is 0.887. The molecular formula is C12H7BrCl2N2O. The summed E-state index contributed by atoms with van der Waals surface area (Å²) in [4.78, 5) is 15.9. The highest BCUT2D eigenvalue weighted by Gasteiger charge is 2.12. The first kappa shape index (κ1) is 13.3. The number of pyridine rings is 1. The Hall–Kier alpha value is -1.10. The summed E-state index contributed by atoms with van der Waals surface area (Å²) in [6.45, 7) is 0. The zero-order chi connectivity index (χ0) is 13.1. The molecule has 0 aliphatic rings. The normalized spacial score (nSPS) is 10.2. The largest absolute Gasteiger partial charge is 0.321 e. The lowest BCUT2D eigenvalue weighted by atomic mass is 10.2. The van der Waals surface area contributed by atoms with Gasteiger partial charge in [0.25, 0.3) is 5.91 Å². The number of amides is 1. The highest BCUT2D eigenvalue weighted by Crippen LogP contribution is 2.26. The second-order valence-corrected chi connectivity index (χ2v) is 5.13. The van der Waals surface area contributed by atoms with Crippen molar-refractivity contribution in [3.63, 3.8) is 0 Å². The highest BCUT2D eigenvalue weighted by molar-refractivity contribution is 9.10. The summed E-state index contributed by atoms with van der Waals surface area (Å²) in [5.74, 6) is -0.337. The Morgan fingerprint density at radius 2 is 2.06 bits per heavy atom. The summed E-state index contributed by atoms with van der Waals surface area (Å²) in [7, 11) is 0. The molecule has 18 heavy (non-hydrogen) atoms. The molecule has 0 spiro atoms. The van der Waals surface area contributed by atoms with Crippen LogP contribution in [0.25, 0.3) is 0 Å². The minimum absolute atomic E-state index is 0.311.